The van der Waals surface area contributed by atoms with Crippen molar-refractivity contribution in [3.63, 3.8) is 0 Å². The molecule has 3 atom stereocenters. The van der Waals surface area contributed by atoms with Crippen molar-refractivity contribution in [2.75, 3.05) is 40.9 Å². The van der Waals surface area contributed by atoms with Crippen molar-refractivity contribution in [1.82, 2.24) is 5.32 Å². The molecule has 66 heavy (non-hydrogen) atoms. The Kier molecular flexibility index (Phi) is 47.8. The number of hydrogen-bond acceptors (Lipinski definition) is 6. The number of phosphoric acid groups is 1. The first-order valence-electron chi connectivity index (χ1n) is 28.3. The number of nitrogens with zero attached hydrogens (tertiary/aromatic N) is 1. The molecule has 0 fully saturated rings. The Bertz CT molecular complexity index is 1170. The monoisotopic (exact) mass is 951 g/mol. The summed E-state index contributed by atoms with van der Waals surface area (Å²) in [6, 6.07) is -0.796. The third-order valence-corrected chi connectivity index (χ3v) is 13.8. The highest BCUT2D eigenvalue weighted by Crippen LogP contribution is 2.38. The van der Waals surface area contributed by atoms with Gasteiger partial charge >= 0.3 is 0 Å². The largest absolute Gasteiger partial charge is 0.756 e. The lowest BCUT2D eigenvalue weighted by atomic mass is 10.0. The van der Waals surface area contributed by atoms with E-state index in [1.54, 1.807) is 0 Å². The summed E-state index contributed by atoms with van der Waals surface area (Å²) in [4.78, 5) is 25.4. The van der Waals surface area contributed by atoms with Gasteiger partial charge in [0.2, 0.25) is 5.91 Å². The van der Waals surface area contributed by atoms with Crippen molar-refractivity contribution < 1.29 is 32.9 Å². The second kappa shape index (κ2) is 48.7. The molecule has 0 bridgehead atoms. The Balaban J connectivity index is 3.87. The van der Waals surface area contributed by atoms with E-state index in [1.165, 1.54) is 193 Å². The van der Waals surface area contributed by atoms with Crippen LogP contribution in [0.25, 0.3) is 0 Å². The van der Waals surface area contributed by atoms with Gasteiger partial charge in [0.1, 0.15) is 13.2 Å². The van der Waals surface area contributed by atoms with Crippen LogP contribution in [0.4, 0.5) is 0 Å². The molecule has 2 N–H and O–H groups in total. The van der Waals surface area contributed by atoms with E-state index in [4.69, 9.17) is 9.05 Å². The molecule has 0 aliphatic heterocycles. The molecule has 0 spiro atoms. The minimum absolute atomic E-state index is 0.0134. The second-order valence-electron chi connectivity index (χ2n) is 20.6. The van der Waals surface area contributed by atoms with Crippen molar-refractivity contribution in [3.8, 4) is 0 Å². The minimum Gasteiger partial charge on any atom is -0.756 e. The van der Waals surface area contributed by atoms with Crippen LogP contribution in [0, 0.1) is 0 Å². The molecular weight excluding hydrogens is 840 g/mol. The van der Waals surface area contributed by atoms with Gasteiger partial charge in [0.25, 0.3) is 7.82 Å². The van der Waals surface area contributed by atoms with Crippen LogP contribution in [0.2, 0.25) is 0 Å². The molecule has 0 saturated carbocycles. The molecule has 0 radical (unpaired) electrons. The first kappa shape index (κ1) is 64.7. The van der Waals surface area contributed by atoms with Crippen LogP contribution in [0.5, 0.6) is 0 Å². The molecular formula is C57H111N2O6P. The van der Waals surface area contributed by atoms with Crippen LogP contribution in [0.15, 0.2) is 36.5 Å². The summed E-state index contributed by atoms with van der Waals surface area (Å²) in [5, 5.41) is 13.9. The van der Waals surface area contributed by atoms with Gasteiger partial charge in [-0.1, -0.05) is 249 Å². The number of aliphatic hydroxyl groups is 1. The van der Waals surface area contributed by atoms with Crippen LogP contribution in [-0.4, -0.2) is 68.5 Å². The SMILES string of the molecule is CCCCCCC/C=C\C/C=C\C/C=C\CCCCCCCCCCCCCCCCCCCCCCC(=O)NC(COP(=O)([O-])OCC[N+](C)(C)C)C(O)CCCCCCCCCCC. The number of likely N-dealkylation sites (N-methyl/N-ethyl adjacent to an activating group) is 1. The minimum atomic E-state index is -4.56. The summed E-state index contributed by atoms with van der Waals surface area (Å²) in [6.07, 6.45) is 62.0. The maximum Gasteiger partial charge on any atom is 0.268 e. The van der Waals surface area contributed by atoms with Gasteiger partial charge in [0, 0.05) is 6.42 Å². The van der Waals surface area contributed by atoms with Crippen LogP contribution >= 0.6 is 7.82 Å². The van der Waals surface area contributed by atoms with E-state index in [1.807, 2.05) is 21.1 Å². The third kappa shape index (κ3) is 50.6. The first-order valence-corrected chi connectivity index (χ1v) is 29.8. The van der Waals surface area contributed by atoms with E-state index < -0.39 is 20.0 Å². The van der Waals surface area contributed by atoms with Crippen molar-refractivity contribution in [3.05, 3.63) is 36.5 Å². The van der Waals surface area contributed by atoms with Crippen molar-refractivity contribution in [2.24, 2.45) is 0 Å². The quantitative estimate of drug-likeness (QED) is 0.0272. The zero-order chi connectivity index (χ0) is 48.5. The fourth-order valence-electron chi connectivity index (χ4n) is 8.40. The van der Waals surface area contributed by atoms with E-state index in [0.29, 0.717) is 23.9 Å². The van der Waals surface area contributed by atoms with Crippen molar-refractivity contribution in [1.29, 1.82) is 0 Å². The van der Waals surface area contributed by atoms with Crippen LogP contribution < -0.4 is 10.2 Å². The normalized spacial score (nSPS) is 14.2. The zero-order valence-corrected chi connectivity index (χ0v) is 45.3. The van der Waals surface area contributed by atoms with E-state index in [-0.39, 0.29) is 19.1 Å². The number of allylic oxidation sites excluding steroid dienone is 6. The summed E-state index contributed by atoms with van der Waals surface area (Å²) in [7, 11) is 1.31. The highest BCUT2D eigenvalue weighted by Gasteiger charge is 2.24. The Morgan fingerprint density at radius 2 is 0.879 bits per heavy atom. The van der Waals surface area contributed by atoms with Gasteiger partial charge < -0.3 is 28.8 Å². The maximum absolute atomic E-state index is 12.9. The Labute approximate surface area is 410 Å². The van der Waals surface area contributed by atoms with Gasteiger partial charge in [-0.2, -0.15) is 0 Å². The average molecular weight is 951 g/mol. The predicted molar refractivity (Wildman–Crippen MR) is 284 cm³/mol. The number of rotatable bonds is 52. The zero-order valence-electron chi connectivity index (χ0n) is 44.4. The standard InChI is InChI=1S/C57H111N2O6P/c1-6-8-10-12-14-16-17-18-19-20-21-22-23-24-25-26-27-28-29-30-31-32-33-34-35-36-37-38-39-40-41-43-45-47-49-51-57(61)58-55(54-65-66(62,63)64-53-52-59(3,4)5)56(60)50-48-46-44-42-15-13-11-9-7-2/h17-18,20-21,23-24,55-56,60H,6-16,19,22,25-54H2,1-5H3,(H-,58,61,62,63)/b18-17-,21-20-,24-23-. The predicted octanol–water partition coefficient (Wildman–Crippen LogP) is 16.4. The molecule has 0 aromatic rings. The fourth-order valence-corrected chi connectivity index (χ4v) is 9.12. The molecule has 0 aliphatic rings. The highest BCUT2D eigenvalue weighted by atomic mass is 31.2. The lowest BCUT2D eigenvalue weighted by Crippen LogP contribution is -2.46. The molecule has 1 amide bonds. The van der Waals surface area contributed by atoms with E-state index >= 15 is 0 Å². The fraction of sp³-hybridized carbons (Fsp3) is 0.877. The van der Waals surface area contributed by atoms with E-state index in [9.17, 15) is 19.4 Å². The Morgan fingerprint density at radius 3 is 1.27 bits per heavy atom. The van der Waals surface area contributed by atoms with Crippen LogP contribution in [0.3, 0.4) is 0 Å². The van der Waals surface area contributed by atoms with Gasteiger partial charge in [-0.25, -0.2) is 0 Å². The molecule has 0 aromatic carbocycles. The maximum atomic E-state index is 12.9. The highest BCUT2D eigenvalue weighted by molar-refractivity contribution is 7.45. The van der Waals surface area contributed by atoms with E-state index in [2.05, 4.69) is 55.6 Å². The number of carbonyl (C=O) groups is 1. The summed E-state index contributed by atoms with van der Waals surface area (Å²) in [5.74, 6) is -0.164. The molecule has 0 aliphatic carbocycles. The van der Waals surface area contributed by atoms with Gasteiger partial charge in [0.15, 0.2) is 0 Å². The Hall–Kier alpha value is -1.28. The first-order chi connectivity index (χ1) is 32.0. The Morgan fingerprint density at radius 1 is 0.530 bits per heavy atom. The number of hydrogen-bond donors (Lipinski definition) is 2. The van der Waals surface area contributed by atoms with Gasteiger partial charge in [-0.3, -0.25) is 9.36 Å². The van der Waals surface area contributed by atoms with Gasteiger partial charge in [0.05, 0.1) is 39.9 Å². The van der Waals surface area contributed by atoms with Crippen LogP contribution in [0.1, 0.15) is 271 Å². The van der Waals surface area contributed by atoms with Crippen LogP contribution in [-0.2, 0) is 18.4 Å². The lowest BCUT2D eigenvalue weighted by molar-refractivity contribution is -0.870. The number of carbonyl (C=O) groups excluding carboxylic acids is 1. The smallest absolute Gasteiger partial charge is 0.268 e. The second-order valence-corrected chi connectivity index (χ2v) is 22.1. The number of quaternary nitrogens is 1. The molecule has 3 unspecified atom stereocenters. The molecule has 390 valence electrons. The third-order valence-electron chi connectivity index (χ3n) is 12.9. The number of amides is 1. The number of nitrogens with one attached hydrogen (secondary N) is 1. The summed E-state index contributed by atoms with van der Waals surface area (Å²) < 4.78 is 23.3. The molecule has 0 aromatic heterocycles. The van der Waals surface area contributed by atoms with E-state index in [0.717, 1.165) is 51.4 Å². The number of unbranched alkanes of at least 4 members (excludes halogenated alkanes) is 33. The van der Waals surface area contributed by atoms with Crippen molar-refractivity contribution >= 4 is 13.7 Å². The molecule has 0 rings (SSSR count). The topological polar surface area (TPSA) is 108 Å². The molecule has 0 heterocycles. The summed E-state index contributed by atoms with van der Waals surface area (Å²) >= 11 is 0. The summed E-state index contributed by atoms with van der Waals surface area (Å²) in [5.41, 5.74) is 0. The number of phosphoric ester groups is 1. The van der Waals surface area contributed by atoms with Gasteiger partial charge in [-0.05, 0) is 51.4 Å². The molecule has 8 nitrogen and oxygen atoms in total. The molecule has 0 saturated heterocycles. The average Bonchev–Trinajstić information content (AvgIpc) is 3.28. The summed E-state index contributed by atoms with van der Waals surface area (Å²) in [6.45, 7) is 4.70. The van der Waals surface area contributed by atoms with Crippen molar-refractivity contribution in [2.45, 2.75) is 283 Å². The van der Waals surface area contributed by atoms with Gasteiger partial charge in [-0.15, -0.1) is 0 Å². The lowest BCUT2D eigenvalue weighted by Gasteiger charge is -2.30. The molecule has 9 heteroatoms. The number of aliphatic hydroxyl groups excluding tert-OH is 1.